The molecule has 33 heavy (non-hydrogen) atoms. The lowest BCUT2D eigenvalue weighted by Crippen LogP contribution is -2.48. The van der Waals surface area contributed by atoms with Gasteiger partial charge in [0.15, 0.2) is 11.9 Å². The van der Waals surface area contributed by atoms with Gasteiger partial charge in [0, 0.05) is 22.8 Å². The van der Waals surface area contributed by atoms with Gasteiger partial charge in [-0.1, -0.05) is 24.3 Å². The number of nitrogens with one attached hydrogen (secondary N) is 1. The number of fused-ring (bicyclic) bond motifs is 2. The number of alkyl carbamates (subject to hydrolysis) is 1. The Labute approximate surface area is 190 Å². The number of ketones is 1. The predicted octanol–water partition coefficient (Wildman–Crippen LogP) is 4.26. The van der Waals surface area contributed by atoms with Gasteiger partial charge in [0.25, 0.3) is 0 Å². The molecule has 2 aromatic carbocycles. The fourth-order valence-corrected chi connectivity index (χ4v) is 3.75. The van der Waals surface area contributed by atoms with Crippen LogP contribution in [0.3, 0.4) is 0 Å². The summed E-state index contributed by atoms with van der Waals surface area (Å²) in [6.45, 7) is 6.84. The van der Waals surface area contributed by atoms with Gasteiger partial charge in [0.05, 0.1) is 13.1 Å². The number of amides is 2. The van der Waals surface area contributed by atoms with E-state index in [4.69, 9.17) is 14.2 Å². The molecule has 2 aliphatic rings. The third-order valence-electron chi connectivity index (χ3n) is 5.30. The highest BCUT2D eigenvalue weighted by molar-refractivity contribution is 5.94. The highest BCUT2D eigenvalue weighted by Crippen LogP contribution is 2.37. The maximum atomic E-state index is 14.9. The lowest BCUT2D eigenvalue weighted by atomic mass is 9.99. The number of benzene rings is 2. The second-order valence-corrected chi connectivity index (χ2v) is 9.01. The van der Waals surface area contributed by atoms with Crippen LogP contribution in [-0.4, -0.2) is 47.3 Å². The van der Waals surface area contributed by atoms with Crippen LogP contribution in [0.25, 0.3) is 11.1 Å². The Morgan fingerprint density at radius 2 is 1.88 bits per heavy atom. The van der Waals surface area contributed by atoms with E-state index in [-0.39, 0.29) is 18.9 Å². The summed E-state index contributed by atoms with van der Waals surface area (Å²) >= 11 is 0. The summed E-state index contributed by atoms with van der Waals surface area (Å²) in [5, 5.41) is 2.57. The lowest BCUT2D eigenvalue weighted by molar-refractivity contribution is 0.0143. The van der Waals surface area contributed by atoms with Crippen LogP contribution in [0.2, 0.25) is 0 Å². The van der Waals surface area contributed by atoms with Crippen molar-refractivity contribution in [1.29, 1.82) is 0 Å². The maximum Gasteiger partial charge on any atom is 0.413 e. The summed E-state index contributed by atoms with van der Waals surface area (Å²) in [5.41, 5.74) is 1.43. The first kappa shape index (κ1) is 22.6. The number of ether oxygens (including phenoxy) is 3. The minimum absolute atomic E-state index is 0.0137. The monoisotopic (exact) mass is 456 g/mol. The van der Waals surface area contributed by atoms with E-state index in [0.717, 1.165) is 0 Å². The van der Waals surface area contributed by atoms with Crippen molar-refractivity contribution in [3.8, 4) is 16.9 Å². The van der Waals surface area contributed by atoms with Gasteiger partial charge in [-0.2, -0.15) is 0 Å². The molecule has 1 N–H and O–H groups in total. The van der Waals surface area contributed by atoms with Crippen molar-refractivity contribution in [2.24, 2.45) is 0 Å². The van der Waals surface area contributed by atoms with E-state index in [1.165, 1.54) is 17.9 Å². The van der Waals surface area contributed by atoms with Crippen LogP contribution in [0.15, 0.2) is 36.4 Å². The largest absolute Gasteiger partial charge is 0.466 e. The molecule has 4 rings (SSSR count). The van der Waals surface area contributed by atoms with E-state index >= 15 is 0 Å². The third-order valence-corrected chi connectivity index (χ3v) is 5.30. The van der Waals surface area contributed by atoms with Crippen molar-refractivity contribution in [2.45, 2.75) is 52.2 Å². The molecule has 0 bridgehead atoms. The van der Waals surface area contributed by atoms with Crippen molar-refractivity contribution in [2.75, 3.05) is 6.54 Å². The summed E-state index contributed by atoms with van der Waals surface area (Å²) in [6, 6.07) is 9.55. The smallest absolute Gasteiger partial charge is 0.413 e. The summed E-state index contributed by atoms with van der Waals surface area (Å²) in [7, 11) is 0. The molecule has 0 aromatic heterocycles. The average Bonchev–Trinajstić information content (AvgIpc) is 3.04. The molecule has 2 amide bonds. The lowest BCUT2D eigenvalue weighted by Gasteiger charge is -2.32. The first-order chi connectivity index (χ1) is 15.5. The molecule has 0 radical (unpaired) electrons. The SMILES string of the molecule is CC(=O)c1ccc(-c2cc3c(cc2F)O[C@H]2[C@H](CNC(=O)OC(C)(C)C)OC(=O)N2C3)cc1. The van der Waals surface area contributed by atoms with E-state index < -0.39 is 35.9 Å². The van der Waals surface area contributed by atoms with Crippen molar-refractivity contribution in [3.63, 3.8) is 0 Å². The average molecular weight is 456 g/mol. The normalized spacial score (nSPS) is 19.2. The standard InChI is InChI=1S/C24H25FN2O6/c1-13(28)14-5-7-15(8-6-14)17-9-16-12-27-21(31-19(16)10-18(17)25)20(32-23(27)30)11-26-22(29)33-24(2,3)4/h5-10,20-21H,11-12H2,1-4H3,(H,26,29)/t20-,21-/m0/s1. The van der Waals surface area contributed by atoms with Gasteiger partial charge in [-0.05, 0) is 39.3 Å². The second kappa shape index (κ2) is 8.38. The number of hydrogen-bond donors (Lipinski definition) is 1. The molecule has 1 fully saturated rings. The zero-order valence-electron chi connectivity index (χ0n) is 18.8. The van der Waals surface area contributed by atoms with Crippen LogP contribution in [0.5, 0.6) is 5.75 Å². The van der Waals surface area contributed by atoms with E-state index in [0.29, 0.717) is 28.0 Å². The molecule has 174 valence electrons. The molecule has 0 saturated carbocycles. The second-order valence-electron chi connectivity index (χ2n) is 9.01. The van der Waals surface area contributed by atoms with Crippen molar-refractivity contribution >= 4 is 18.0 Å². The molecular formula is C24H25FN2O6. The van der Waals surface area contributed by atoms with Gasteiger partial charge in [-0.25, -0.2) is 14.0 Å². The fourth-order valence-electron chi connectivity index (χ4n) is 3.75. The van der Waals surface area contributed by atoms with Crippen LogP contribution >= 0.6 is 0 Å². The highest BCUT2D eigenvalue weighted by atomic mass is 19.1. The number of cyclic esters (lactones) is 1. The minimum atomic E-state index is -0.806. The van der Waals surface area contributed by atoms with Crippen molar-refractivity contribution in [3.05, 3.63) is 53.3 Å². The Morgan fingerprint density at radius 1 is 1.18 bits per heavy atom. The summed E-state index contributed by atoms with van der Waals surface area (Å²) in [6.07, 6.45) is -2.81. The minimum Gasteiger partial charge on any atom is -0.466 e. The number of hydrogen-bond acceptors (Lipinski definition) is 6. The van der Waals surface area contributed by atoms with Crippen molar-refractivity contribution in [1.82, 2.24) is 10.2 Å². The number of carbonyl (C=O) groups is 3. The zero-order chi connectivity index (χ0) is 23.9. The predicted molar refractivity (Wildman–Crippen MR) is 116 cm³/mol. The Morgan fingerprint density at radius 3 is 2.52 bits per heavy atom. The molecule has 0 spiro atoms. The van der Waals surface area contributed by atoms with E-state index in [1.807, 2.05) is 0 Å². The number of halogens is 1. The van der Waals surface area contributed by atoms with Gasteiger partial charge in [-0.15, -0.1) is 0 Å². The first-order valence-corrected chi connectivity index (χ1v) is 10.6. The van der Waals surface area contributed by atoms with E-state index in [2.05, 4.69) is 5.32 Å². The van der Waals surface area contributed by atoms with Gasteiger partial charge in [0.2, 0.25) is 6.23 Å². The summed E-state index contributed by atoms with van der Waals surface area (Å²) < 4.78 is 31.4. The Bertz CT molecular complexity index is 1110. The summed E-state index contributed by atoms with van der Waals surface area (Å²) in [5.74, 6) is -0.264. The third kappa shape index (κ3) is 4.76. The molecule has 2 atom stereocenters. The van der Waals surface area contributed by atoms with Crippen LogP contribution in [0.4, 0.5) is 14.0 Å². The number of Topliss-reactive ketones (excluding diaryl/α,β-unsaturated/α-hetero) is 1. The maximum absolute atomic E-state index is 14.9. The molecule has 1 saturated heterocycles. The van der Waals surface area contributed by atoms with Crippen LogP contribution in [0, 0.1) is 5.82 Å². The molecule has 0 aliphatic carbocycles. The van der Waals surface area contributed by atoms with Crippen LogP contribution in [-0.2, 0) is 16.0 Å². The van der Waals surface area contributed by atoms with Crippen molar-refractivity contribution < 1.29 is 33.0 Å². The molecule has 2 aromatic rings. The van der Waals surface area contributed by atoms with Gasteiger partial charge in [-0.3, -0.25) is 9.69 Å². The molecule has 9 heteroatoms. The summed E-state index contributed by atoms with van der Waals surface area (Å²) in [4.78, 5) is 37.2. The zero-order valence-corrected chi connectivity index (χ0v) is 18.8. The molecule has 8 nitrogen and oxygen atoms in total. The Balaban J connectivity index is 1.52. The number of nitrogens with zero attached hydrogens (tertiary/aromatic N) is 1. The van der Waals surface area contributed by atoms with Gasteiger partial charge < -0.3 is 19.5 Å². The Kier molecular flexibility index (Phi) is 5.73. The first-order valence-electron chi connectivity index (χ1n) is 10.6. The molecular weight excluding hydrogens is 431 g/mol. The fraction of sp³-hybridized carbons (Fsp3) is 0.375. The molecule has 2 aliphatic heterocycles. The van der Waals surface area contributed by atoms with E-state index in [9.17, 15) is 18.8 Å². The molecule has 0 unspecified atom stereocenters. The Hall–Kier alpha value is -3.62. The van der Waals surface area contributed by atoms with Gasteiger partial charge >= 0.3 is 12.2 Å². The van der Waals surface area contributed by atoms with E-state index in [1.54, 1.807) is 51.1 Å². The topological polar surface area (TPSA) is 94.2 Å². The quantitative estimate of drug-likeness (QED) is 0.691. The highest BCUT2D eigenvalue weighted by Gasteiger charge is 2.46. The number of carbonyl (C=O) groups excluding carboxylic acids is 3. The number of rotatable bonds is 4. The molecule has 2 heterocycles. The van der Waals surface area contributed by atoms with Gasteiger partial charge in [0.1, 0.15) is 17.2 Å². The van der Waals surface area contributed by atoms with Crippen LogP contribution < -0.4 is 10.1 Å². The van der Waals surface area contributed by atoms with Crippen LogP contribution in [0.1, 0.15) is 43.6 Å².